The fourth-order valence-corrected chi connectivity index (χ4v) is 6.17. The molecule has 0 bridgehead atoms. The normalized spacial score (nSPS) is 14.3. The largest absolute Gasteiger partial charge is 0.0716 e. The molecule has 0 spiro atoms. The minimum absolute atomic E-state index is 0.965. The van der Waals surface area contributed by atoms with Crippen molar-refractivity contribution in [3.8, 4) is 11.1 Å². The van der Waals surface area contributed by atoms with Gasteiger partial charge in [0.2, 0.25) is 0 Å². The second-order valence-electron chi connectivity index (χ2n) is 10.3. The second-order valence-corrected chi connectivity index (χ2v) is 10.3. The standard InChI is InChI=1S/C35H32/c1-21-14-15-29-26(18-21)19-32-24(4)25(5)33(20-34(29)32)31-17-16-30(27-12-8-6-10-22(27)2)35(31)28-13-9-7-11-23(28)3/h6-16,18,20H,17,19H2,1-5H3. The smallest absolute Gasteiger partial charge is 0.00106 e. The molecule has 172 valence electrons. The third-order valence-electron chi connectivity index (χ3n) is 8.21. The van der Waals surface area contributed by atoms with Crippen molar-refractivity contribution >= 4 is 16.7 Å². The first-order valence-electron chi connectivity index (χ1n) is 12.7. The Hall–Kier alpha value is -3.64. The van der Waals surface area contributed by atoms with Gasteiger partial charge in [-0.05, 0) is 131 Å². The van der Waals surface area contributed by atoms with Crippen molar-refractivity contribution in [2.75, 3.05) is 0 Å². The Bertz CT molecular complexity index is 1570. The molecule has 0 nitrogen and oxygen atoms in total. The molecule has 0 aliphatic heterocycles. The molecule has 0 saturated carbocycles. The van der Waals surface area contributed by atoms with Gasteiger partial charge in [0, 0.05) is 0 Å². The number of hydrogen-bond acceptors (Lipinski definition) is 0. The average molecular weight is 453 g/mol. The van der Waals surface area contributed by atoms with Crippen LogP contribution in [0.4, 0.5) is 0 Å². The molecule has 0 heterocycles. The molecule has 0 N–H and O–H groups in total. The maximum Gasteiger partial charge on any atom is -0.00106 e. The van der Waals surface area contributed by atoms with Crippen LogP contribution in [0.3, 0.4) is 0 Å². The zero-order chi connectivity index (χ0) is 24.3. The van der Waals surface area contributed by atoms with E-state index in [0.717, 1.165) is 12.8 Å². The Kier molecular flexibility index (Phi) is 5.15. The molecule has 2 aliphatic carbocycles. The van der Waals surface area contributed by atoms with Crippen molar-refractivity contribution in [2.24, 2.45) is 0 Å². The summed E-state index contributed by atoms with van der Waals surface area (Å²) in [6.45, 7) is 11.3. The second kappa shape index (κ2) is 8.24. The lowest BCUT2D eigenvalue weighted by Gasteiger charge is -2.20. The number of rotatable bonds is 3. The van der Waals surface area contributed by atoms with Crippen LogP contribution in [-0.2, 0) is 6.42 Å². The van der Waals surface area contributed by atoms with Crippen LogP contribution >= 0.6 is 0 Å². The highest BCUT2D eigenvalue weighted by molar-refractivity contribution is 6.19. The predicted molar refractivity (Wildman–Crippen MR) is 151 cm³/mol. The first-order chi connectivity index (χ1) is 16.9. The summed E-state index contributed by atoms with van der Waals surface area (Å²) in [6.07, 6.45) is 4.47. The fourth-order valence-electron chi connectivity index (χ4n) is 6.17. The molecule has 0 saturated heterocycles. The molecule has 0 amide bonds. The molecule has 2 aliphatic rings. The molecule has 0 unspecified atom stereocenters. The van der Waals surface area contributed by atoms with E-state index in [4.69, 9.17) is 0 Å². The first-order valence-corrected chi connectivity index (χ1v) is 12.7. The number of benzene rings is 4. The van der Waals surface area contributed by atoms with Crippen LogP contribution in [0.2, 0.25) is 0 Å². The van der Waals surface area contributed by atoms with Gasteiger partial charge >= 0.3 is 0 Å². The van der Waals surface area contributed by atoms with Gasteiger partial charge < -0.3 is 0 Å². The molecular weight excluding hydrogens is 420 g/mol. The van der Waals surface area contributed by atoms with Crippen molar-refractivity contribution in [3.05, 3.63) is 135 Å². The van der Waals surface area contributed by atoms with Crippen molar-refractivity contribution in [2.45, 2.75) is 47.5 Å². The zero-order valence-electron chi connectivity index (χ0n) is 21.4. The summed E-state index contributed by atoms with van der Waals surface area (Å²) in [5, 5.41) is 0. The Balaban J connectivity index is 1.62. The maximum absolute atomic E-state index is 2.50. The highest BCUT2D eigenvalue weighted by Crippen LogP contribution is 2.49. The summed E-state index contributed by atoms with van der Waals surface area (Å²) < 4.78 is 0. The predicted octanol–water partition coefficient (Wildman–Crippen LogP) is 9.20. The number of aryl methyl sites for hydroxylation is 3. The summed E-state index contributed by atoms with van der Waals surface area (Å²) in [4.78, 5) is 0. The summed E-state index contributed by atoms with van der Waals surface area (Å²) in [7, 11) is 0. The Morgan fingerprint density at radius 1 is 0.571 bits per heavy atom. The van der Waals surface area contributed by atoms with Crippen molar-refractivity contribution < 1.29 is 0 Å². The highest BCUT2D eigenvalue weighted by Gasteiger charge is 2.28. The van der Waals surface area contributed by atoms with E-state index in [1.807, 2.05) is 0 Å². The lowest BCUT2D eigenvalue weighted by Crippen LogP contribution is -2.00. The van der Waals surface area contributed by atoms with E-state index in [2.05, 4.69) is 113 Å². The van der Waals surface area contributed by atoms with Crippen LogP contribution in [0.1, 0.15) is 62.1 Å². The maximum atomic E-state index is 2.50. The van der Waals surface area contributed by atoms with Gasteiger partial charge in [0.05, 0.1) is 0 Å². The molecule has 4 aromatic rings. The monoisotopic (exact) mass is 452 g/mol. The van der Waals surface area contributed by atoms with Crippen molar-refractivity contribution in [3.63, 3.8) is 0 Å². The minimum atomic E-state index is 0.965. The van der Waals surface area contributed by atoms with Gasteiger partial charge in [0.1, 0.15) is 0 Å². The topological polar surface area (TPSA) is 0 Å². The Labute approximate surface area is 209 Å². The third-order valence-corrected chi connectivity index (χ3v) is 8.21. The minimum Gasteiger partial charge on any atom is -0.0716 e. The van der Waals surface area contributed by atoms with E-state index >= 15 is 0 Å². The lowest BCUT2D eigenvalue weighted by molar-refractivity contribution is 1.17. The average Bonchev–Trinajstić information content (AvgIpc) is 3.43. The van der Waals surface area contributed by atoms with Crippen LogP contribution in [-0.4, -0.2) is 0 Å². The fraction of sp³-hybridized carbons (Fsp3) is 0.200. The Morgan fingerprint density at radius 3 is 1.97 bits per heavy atom. The highest BCUT2D eigenvalue weighted by atomic mass is 14.3. The first kappa shape index (κ1) is 21.9. The molecule has 0 aromatic heterocycles. The molecule has 4 aromatic carbocycles. The molecule has 35 heavy (non-hydrogen) atoms. The van der Waals surface area contributed by atoms with Gasteiger partial charge in [0.25, 0.3) is 0 Å². The molecule has 0 heteroatoms. The van der Waals surface area contributed by atoms with Crippen LogP contribution in [0, 0.1) is 34.6 Å². The van der Waals surface area contributed by atoms with Crippen LogP contribution in [0.15, 0.2) is 78.9 Å². The molecule has 0 atom stereocenters. The SMILES string of the molecule is Cc1ccc2c(c1)Cc1c-2cc(C2=C(c3ccccc3C)C(c3ccccc3C)=CC2)c(C)c1C. The number of allylic oxidation sites excluding steroid dienone is 4. The number of hydrogen-bond donors (Lipinski definition) is 0. The molecule has 0 fully saturated rings. The molecular formula is C35H32. The van der Waals surface area contributed by atoms with Gasteiger partial charge in [-0.3, -0.25) is 0 Å². The van der Waals surface area contributed by atoms with Crippen molar-refractivity contribution in [1.82, 2.24) is 0 Å². The van der Waals surface area contributed by atoms with Gasteiger partial charge in [-0.2, -0.15) is 0 Å². The van der Waals surface area contributed by atoms with E-state index < -0.39 is 0 Å². The molecule has 6 rings (SSSR count). The van der Waals surface area contributed by atoms with Gasteiger partial charge in [-0.15, -0.1) is 0 Å². The molecule has 0 radical (unpaired) electrons. The summed E-state index contributed by atoms with van der Waals surface area (Å²) >= 11 is 0. The Morgan fingerprint density at radius 2 is 1.26 bits per heavy atom. The third kappa shape index (κ3) is 3.43. The van der Waals surface area contributed by atoms with Gasteiger partial charge in [0.15, 0.2) is 0 Å². The van der Waals surface area contributed by atoms with Gasteiger partial charge in [-0.1, -0.05) is 78.4 Å². The van der Waals surface area contributed by atoms with Gasteiger partial charge in [-0.25, -0.2) is 0 Å². The van der Waals surface area contributed by atoms with E-state index in [1.54, 1.807) is 0 Å². The van der Waals surface area contributed by atoms with E-state index in [0.29, 0.717) is 0 Å². The summed E-state index contributed by atoms with van der Waals surface area (Å²) in [5.74, 6) is 0. The lowest BCUT2D eigenvalue weighted by atomic mass is 9.84. The number of fused-ring (bicyclic) bond motifs is 3. The van der Waals surface area contributed by atoms with Crippen LogP contribution in [0.25, 0.3) is 27.8 Å². The van der Waals surface area contributed by atoms with E-state index in [-0.39, 0.29) is 0 Å². The van der Waals surface area contributed by atoms with Crippen molar-refractivity contribution in [1.29, 1.82) is 0 Å². The van der Waals surface area contributed by atoms with Crippen LogP contribution < -0.4 is 0 Å². The van der Waals surface area contributed by atoms with Crippen LogP contribution in [0.5, 0.6) is 0 Å². The quantitative estimate of drug-likeness (QED) is 0.256. The van der Waals surface area contributed by atoms with E-state index in [1.165, 1.54) is 83.5 Å². The zero-order valence-corrected chi connectivity index (χ0v) is 21.4. The summed E-state index contributed by atoms with van der Waals surface area (Å²) in [5.41, 5.74) is 21.1. The van der Waals surface area contributed by atoms with E-state index in [9.17, 15) is 0 Å². The summed E-state index contributed by atoms with van der Waals surface area (Å²) in [6, 6.07) is 27.1.